The summed E-state index contributed by atoms with van der Waals surface area (Å²) in [5.74, 6) is -0.665. The Bertz CT molecular complexity index is 371. The van der Waals surface area contributed by atoms with E-state index < -0.39 is 0 Å². The van der Waals surface area contributed by atoms with E-state index in [1.165, 1.54) is 6.08 Å². The molecule has 0 amide bonds. The van der Waals surface area contributed by atoms with Crippen LogP contribution in [0.5, 0.6) is 0 Å². The second-order valence-corrected chi connectivity index (χ2v) is 6.52. The number of allylic oxidation sites excluding steroid dienone is 3. The third-order valence-corrected chi connectivity index (χ3v) is 3.04. The summed E-state index contributed by atoms with van der Waals surface area (Å²) in [5, 5.41) is 11.8. The lowest BCUT2D eigenvalue weighted by Crippen LogP contribution is -2.29. The first-order valence-corrected chi connectivity index (χ1v) is 5.69. The molecule has 1 rings (SSSR count). The van der Waals surface area contributed by atoms with E-state index in [0.717, 1.165) is 11.1 Å². The van der Waals surface area contributed by atoms with Gasteiger partial charge in [0.15, 0.2) is 5.78 Å². The summed E-state index contributed by atoms with van der Waals surface area (Å²) < 4.78 is 0. The first kappa shape index (κ1) is 13.0. The van der Waals surface area contributed by atoms with Crippen LogP contribution in [0.15, 0.2) is 23.0 Å². The van der Waals surface area contributed by atoms with Crippen LogP contribution in [0.2, 0.25) is 0 Å². The zero-order valence-corrected chi connectivity index (χ0v) is 11.1. The largest absolute Gasteiger partial charge is 0.870 e. The standard InChI is InChI=1S/C14H22O2/c1-13(2,3)9-7-10(14(4,5)6)12(16)11(15)8-9/h8,16H,7H2,1-6H3/p-1. The summed E-state index contributed by atoms with van der Waals surface area (Å²) in [6.07, 6.45) is 2.16. The van der Waals surface area contributed by atoms with Gasteiger partial charge in [0.2, 0.25) is 0 Å². The summed E-state index contributed by atoms with van der Waals surface area (Å²) in [4.78, 5) is 11.7. The maximum atomic E-state index is 11.8. The predicted molar refractivity (Wildman–Crippen MR) is 63.6 cm³/mol. The van der Waals surface area contributed by atoms with Crippen molar-refractivity contribution >= 4 is 5.78 Å². The van der Waals surface area contributed by atoms with Crippen molar-refractivity contribution in [3.05, 3.63) is 23.0 Å². The second-order valence-electron chi connectivity index (χ2n) is 6.52. The first-order valence-electron chi connectivity index (χ1n) is 5.69. The minimum Gasteiger partial charge on any atom is -0.870 e. The van der Waals surface area contributed by atoms with E-state index in [9.17, 15) is 9.90 Å². The van der Waals surface area contributed by atoms with Crippen LogP contribution in [0.3, 0.4) is 0 Å². The summed E-state index contributed by atoms with van der Waals surface area (Å²) in [5.41, 5.74) is 1.52. The Morgan fingerprint density at radius 3 is 1.94 bits per heavy atom. The van der Waals surface area contributed by atoms with Crippen LogP contribution in [-0.2, 0) is 4.79 Å². The first-order chi connectivity index (χ1) is 7.03. The van der Waals surface area contributed by atoms with Crippen LogP contribution in [0.4, 0.5) is 0 Å². The van der Waals surface area contributed by atoms with Crippen LogP contribution < -0.4 is 5.11 Å². The van der Waals surface area contributed by atoms with E-state index in [4.69, 9.17) is 0 Å². The predicted octanol–water partition coefficient (Wildman–Crippen LogP) is 2.59. The molecule has 0 heterocycles. The molecule has 0 saturated heterocycles. The number of ketones is 1. The van der Waals surface area contributed by atoms with E-state index in [2.05, 4.69) is 20.8 Å². The molecule has 90 valence electrons. The second kappa shape index (κ2) is 3.76. The average Bonchev–Trinajstić information content (AvgIpc) is 2.05. The fourth-order valence-corrected chi connectivity index (χ4v) is 1.78. The van der Waals surface area contributed by atoms with Crippen LogP contribution in [0.25, 0.3) is 0 Å². The van der Waals surface area contributed by atoms with Gasteiger partial charge in [0.1, 0.15) is 0 Å². The van der Waals surface area contributed by atoms with Crippen LogP contribution in [-0.4, -0.2) is 5.78 Å². The minimum absolute atomic E-state index is 0.0487. The molecule has 0 fully saturated rings. The molecule has 0 atom stereocenters. The molecule has 0 aromatic rings. The van der Waals surface area contributed by atoms with Gasteiger partial charge in [0.05, 0.1) is 0 Å². The van der Waals surface area contributed by atoms with Crippen molar-refractivity contribution < 1.29 is 9.90 Å². The number of hydrogen-bond acceptors (Lipinski definition) is 2. The molecule has 0 aromatic carbocycles. The molecule has 0 aromatic heterocycles. The third kappa shape index (κ3) is 2.55. The fraction of sp³-hybridized carbons (Fsp3) is 0.643. The maximum absolute atomic E-state index is 11.8. The maximum Gasteiger partial charge on any atom is 0.170 e. The van der Waals surface area contributed by atoms with Gasteiger partial charge in [-0.2, -0.15) is 0 Å². The van der Waals surface area contributed by atoms with E-state index in [1.807, 2.05) is 20.8 Å². The van der Waals surface area contributed by atoms with Crippen LogP contribution >= 0.6 is 0 Å². The highest BCUT2D eigenvalue weighted by atomic mass is 16.3. The molecule has 1 aliphatic rings. The molecule has 0 N–H and O–H groups in total. The van der Waals surface area contributed by atoms with Crippen molar-refractivity contribution in [2.45, 2.75) is 48.0 Å². The van der Waals surface area contributed by atoms with E-state index >= 15 is 0 Å². The molecule has 1 aliphatic carbocycles. The van der Waals surface area contributed by atoms with E-state index in [-0.39, 0.29) is 22.4 Å². The summed E-state index contributed by atoms with van der Waals surface area (Å²) in [6.45, 7) is 12.2. The third-order valence-electron chi connectivity index (χ3n) is 3.04. The zero-order chi connectivity index (χ0) is 12.7. The van der Waals surface area contributed by atoms with Crippen molar-refractivity contribution in [2.24, 2.45) is 10.8 Å². The number of rotatable bonds is 0. The molecule has 0 spiro atoms. The Morgan fingerprint density at radius 1 is 1.06 bits per heavy atom. The van der Waals surface area contributed by atoms with Crippen LogP contribution in [0, 0.1) is 10.8 Å². The van der Waals surface area contributed by atoms with Gasteiger partial charge in [-0.25, -0.2) is 0 Å². The van der Waals surface area contributed by atoms with Gasteiger partial charge in [-0.05, 0) is 23.3 Å². The lowest BCUT2D eigenvalue weighted by Gasteiger charge is -2.36. The Hall–Kier alpha value is -1.05. The number of carbonyl (C=O) groups is 1. The average molecular weight is 221 g/mol. The van der Waals surface area contributed by atoms with Crippen molar-refractivity contribution in [3.63, 3.8) is 0 Å². The van der Waals surface area contributed by atoms with Crippen molar-refractivity contribution in [1.29, 1.82) is 0 Å². The lowest BCUT2D eigenvalue weighted by molar-refractivity contribution is -0.300. The molecule has 0 bridgehead atoms. The van der Waals surface area contributed by atoms with Gasteiger partial charge in [0, 0.05) is 0 Å². The van der Waals surface area contributed by atoms with E-state index in [0.29, 0.717) is 6.42 Å². The number of hydrogen-bond donors (Lipinski definition) is 0. The molecule has 0 unspecified atom stereocenters. The quantitative estimate of drug-likeness (QED) is 0.630. The highest BCUT2D eigenvalue weighted by Crippen LogP contribution is 2.40. The van der Waals surface area contributed by atoms with Gasteiger partial charge in [0.25, 0.3) is 0 Å². The van der Waals surface area contributed by atoms with Crippen molar-refractivity contribution in [2.75, 3.05) is 0 Å². The van der Waals surface area contributed by atoms with Crippen molar-refractivity contribution in [3.8, 4) is 0 Å². The molecule has 2 heteroatoms. The Labute approximate surface area is 98.1 Å². The highest BCUT2D eigenvalue weighted by Gasteiger charge is 2.28. The smallest absolute Gasteiger partial charge is 0.170 e. The molecule has 0 aliphatic heterocycles. The highest BCUT2D eigenvalue weighted by molar-refractivity contribution is 6.04. The monoisotopic (exact) mass is 221 g/mol. The Balaban J connectivity index is 3.16. The minimum atomic E-state index is -0.360. The molecular weight excluding hydrogens is 200 g/mol. The van der Waals surface area contributed by atoms with E-state index in [1.54, 1.807) is 0 Å². The summed E-state index contributed by atoms with van der Waals surface area (Å²) in [6, 6.07) is 0. The zero-order valence-electron chi connectivity index (χ0n) is 11.1. The van der Waals surface area contributed by atoms with Gasteiger partial charge in [-0.3, -0.25) is 4.79 Å². The van der Waals surface area contributed by atoms with Gasteiger partial charge in [-0.15, -0.1) is 0 Å². The summed E-state index contributed by atoms with van der Waals surface area (Å²) >= 11 is 0. The lowest BCUT2D eigenvalue weighted by atomic mass is 9.73. The Morgan fingerprint density at radius 2 is 1.56 bits per heavy atom. The van der Waals surface area contributed by atoms with Gasteiger partial charge in [-0.1, -0.05) is 58.4 Å². The molecule has 0 saturated carbocycles. The summed E-state index contributed by atoms with van der Waals surface area (Å²) in [7, 11) is 0. The fourth-order valence-electron chi connectivity index (χ4n) is 1.78. The number of carbonyl (C=O) groups excluding carboxylic acids is 1. The Kier molecular flexibility index (Phi) is 3.06. The van der Waals surface area contributed by atoms with Gasteiger partial charge < -0.3 is 5.11 Å². The topological polar surface area (TPSA) is 40.1 Å². The molecule has 0 radical (unpaired) electrons. The molecular formula is C14H21O2-. The normalized spacial score (nSPS) is 18.9. The van der Waals surface area contributed by atoms with Crippen LogP contribution in [0.1, 0.15) is 48.0 Å². The van der Waals surface area contributed by atoms with Crippen molar-refractivity contribution in [1.82, 2.24) is 0 Å². The van der Waals surface area contributed by atoms with Gasteiger partial charge >= 0.3 is 0 Å². The molecule has 16 heavy (non-hydrogen) atoms. The molecule has 2 nitrogen and oxygen atoms in total. The SMILES string of the molecule is CC(C)(C)C1=CC(=O)C([O-])=C(C(C)(C)C)C1.